The molecule has 94 valence electrons. The van der Waals surface area contributed by atoms with Crippen LogP contribution in [0, 0.1) is 0 Å². The molecule has 0 amide bonds. The summed E-state index contributed by atoms with van der Waals surface area (Å²) < 4.78 is 2.01. The van der Waals surface area contributed by atoms with E-state index in [0.29, 0.717) is 6.54 Å². The Bertz CT molecular complexity index is 569. The predicted octanol–water partition coefficient (Wildman–Crippen LogP) is 2.42. The molecule has 1 aliphatic carbocycles. The summed E-state index contributed by atoms with van der Waals surface area (Å²) >= 11 is 0. The van der Waals surface area contributed by atoms with E-state index in [1.807, 2.05) is 17.9 Å². The Labute approximate surface area is 108 Å². The van der Waals surface area contributed by atoms with Crippen molar-refractivity contribution >= 4 is 0 Å². The van der Waals surface area contributed by atoms with Crippen LogP contribution in [0.5, 0.6) is 0 Å². The lowest BCUT2D eigenvalue weighted by Crippen LogP contribution is -2.05. The first kappa shape index (κ1) is 11.5. The van der Waals surface area contributed by atoms with Crippen molar-refractivity contribution in [1.29, 1.82) is 0 Å². The Morgan fingerprint density at radius 1 is 1.22 bits per heavy atom. The largest absolute Gasteiger partial charge is 0.336 e. The van der Waals surface area contributed by atoms with Crippen LogP contribution in [0.25, 0.3) is 11.3 Å². The van der Waals surface area contributed by atoms with Gasteiger partial charge in [0.05, 0.1) is 17.7 Å². The van der Waals surface area contributed by atoms with E-state index in [-0.39, 0.29) is 0 Å². The summed E-state index contributed by atoms with van der Waals surface area (Å²) in [6.45, 7) is 0.531. The Hall–Kier alpha value is -1.61. The molecule has 18 heavy (non-hydrogen) atoms. The lowest BCUT2D eigenvalue weighted by atomic mass is 9.90. The van der Waals surface area contributed by atoms with E-state index in [1.54, 1.807) is 0 Å². The van der Waals surface area contributed by atoms with Gasteiger partial charge in [-0.1, -0.05) is 12.1 Å². The smallest absolute Gasteiger partial charge is 0.0953 e. The second-order valence-electron chi connectivity index (χ2n) is 5.05. The van der Waals surface area contributed by atoms with Crippen molar-refractivity contribution in [3.05, 3.63) is 41.3 Å². The van der Waals surface area contributed by atoms with Gasteiger partial charge in [-0.25, -0.2) is 4.98 Å². The molecule has 0 radical (unpaired) electrons. The number of rotatable bonds is 2. The van der Waals surface area contributed by atoms with Crippen molar-refractivity contribution in [1.82, 2.24) is 9.55 Å². The van der Waals surface area contributed by atoms with Crippen LogP contribution in [0.15, 0.2) is 24.5 Å². The average molecular weight is 241 g/mol. The van der Waals surface area contributed by atoms with Crippen LogP contribution in [0.3, 0.4) is 0 Å². The van der Waals surface area contributed by atoms with E-state index in [0.717, 1.165) is 11.4 Å². The van der Waals surface area contributed by atoms with Crippen LogP contribution in [0.2, 0.25) is 0 Å². The van der Waals surface area contributed by atoms with E-state index < -0.39 is 0 Å². The molecule has 0 spiro atoms. The second-order valence-corrected chi connectivity index (χ2v) is 5.05. The second kappa shape index (κ2) is 4.58. The Morgan fingerprint density at radius 3 is 2.78 bits per heavy atom. The van der Waals surface area contributed by atoms with Gasteiger partial charge in [0, 0.05) is 19.2 Å². The summed E-state index contributed by atoms with van der Waals surface area (Å²) in [5, 5.41) is 0. The molecule has 1 aromatic heterocycles. The fourth-order valence-corrected chi connectivity index (χ4v) is 2.82. The molecule has 1 heterocycles. The molecule has 3 nitrogen and oxygen atoms in total. The number of benzene rings is 1. The van der Waals surface area contributed by atoms with Gasteiger partial charge in [0.25, 0.3) is 0 Å². The van der Waals surface area contributed by atoms with Gasteiger partial charge in [0.15, 0.2) is 0 Å². The summed E-state index contributed by atoms with van der Waals surface area (Å²) in [7, 11) is 2.00. The zero-order valence-electron chi connectivity index (χ0n) is 10.8. The van der Waals surface area contributed by atoms with Gasteiger partial charge in [-0.15, -0.1) is 0 Å². The highest BCUT2D eigenvalue weighted by Gasteiger charge is 2.13. The molecule has 1 aromatic carbocycles. The van der Waals surface area contributed by atoms with Crippen LogP contribution >= 0.6 is 0 Å². The van der Waals surface area contributed by atoms with Crippen molar-refractivity contribution in [2.75, 3.05) is 0 Å². The maximum atomic E-state index is 5.81. The third-order valence-corrected chi connectivity index (χ3v) is 3.87. The highest BCUT2D eigenvalue weighted by molar-refractivity contribution is 5.64. The van der Waals surface area contributed by atoms with Gasteiger partial charge in [-0.3, -0.25) is 0 Å². The topological polar surface area (TPSA) is 43.8 Å². The maximum absolute atomic E-state index is 5.81. The molecule has 0 saturated carbocycles. The number of nitrogens with zero attached hydrogens (tertiary/aromatic N) is 2. The van der Waals surface area contributed by atoms with Gasteiger partial charge in [0.2, 0.25) is 0 Å². The minimum absolute atomic E-state index is 0.531. The lowest BCUT2D eigenvalue weighted by Gasteiger charge is -2.16. The zero-order valence-corrected chi connectivity index (χ0v) is 10.8. The summed E-state index contributed by atoms with van der Waals surface area (Å²) in [6, 6.07) is 6.75. The first-order valence-corrected chi connectivity index (χ1v) is 6.62. The van der Waals surface area contributed by atoms with Crippen molar-refractivity contribution in [2.24, 2.45) is 12.8 Å². The standard InChI is InChI=1S/C15H19N3/c1-18-10-17-15(14(18)9-16)13-7-6-11-4-2-3-5-12(11)8-13/h6-8,10H,2-5,9,16H2,1H3. The number of nitrogens with two attached hydrogens (primary N) is 1. The van der Waals surface area contributed by atoms with E-state index in [9.17, 15) is 0 Å². The first-order valence-electron chi connectivity index (χ1n) is 6.62. The Balaban J connectivity index is 2.06. The molecule has 0 unspecified atom stereocenters. The highest BCUT2D eigenvalue weighted by atomic mass is 15.0. The van der Waals surface area contributed by atoms with Gasteiger partial charge >= 0.3 is 0 Å². The molecular formula is C15H19N3. The van der Waals surface area contributed by atoms with E-state index in [4.69, 9.17) is 5.73 Å². The molecule has 0 saturated heterocycles. The predicted molar refractivity (Wildman–Crippen MR) is 73.2 cm³/mol. The summed E-state index contributed by atoms with van der Waals surface area (Å²) in [5.74, 6) is 0. The van der Waals surface area contributed by atoms with Crippen LogP contribution < -0.4 is 5.73 Å². The molecule has 0 fully saturated rings. The van der Waals surface area contributed by atoms with Crippen molar-refractivity contribution < 1.29 is 0 Å². The summed E-state index contributed by atoms with van der Waals surface area (Å²) in [6.07, 6.45) is 6.90. The van der Waals surface area contributed by atoms with Crippen molar-refractivity contribution in [2.45, 2.75) is 32.2 Å². The molecule has 0 bridgehead atoms. The zero-order chi connectivity index (χ0) is 12.5. The Kier molecular flexibility index (Phi) is 2.92. The molecule has 0 aliphatic heterocycles. The van der Waals surface area contributed by atoms with Crippen molar-refractivity contribution in [3.8, 4) is 11.3 Å². The minimum Gasteiger partial charge on any atom is -0.336 e. The van der Waals surface area contributed by atoms with Crippen LogP contribution in [0.4, 0.5) is 0 Å². The van der Waals surface area contributed by atoms with Crippen molar-refractivity contribution in [3.63, 3.8) is 0 Å². The van der Waals surface area contributed by atoms with E-state index >= 15 is 0 Å². The van der Waals surface area contributed by atoms with Crippen LogP contribution in [-0.2, 0) is 26.4 Å². The molecular weight excluding hydrogens is 222 g/mol. The average Bonchev–Trinajstić information content (AvgIpc) is 2.79. The highest BCUT2D eigenvalue weighted by Crippen LogP contribution is 2.28. The quantitative estimate of drug-likeness (QED) is 0.877. The van der Waals surface area contributed by atoms with Gasteiger partial charge in [0.1, 0.15) is 0 Å². The number of aryl methyl sites for hydroxylation is 3. The third kappa shape index (κ3) is 1.85. The Morgan fingerprint density at radius 2 is 2.00 bits per heavy atom. The normalized spacial score (nSPS) is 14.6. The number of fused-ring (bicyclic) bond motifs is 1. The first-order chi connectivity index (χ1) is 8.79. The van der Waals surface area contributed by atoms with E-state index in [1.165, 1.54) is 42.4 Å². The molecule has 3 heteroatoms. The SMILES string of the molecule is Cn1cnc(-c2ccc3c(c2)CCCC3)c1CN. The van der Waals surface area contributed by atoms with E-state index in [2.05, 4.69) is 23.2 Å². The van der Waals surface area contributed by atoms with Gasteiger partial charge in [-0.2, -0.15) is 0 Å². The molecule has 2 N–H and O–H groups in total. The van der Waals surface area contributed by atoms with Gasteiger partial charge in [-0.05, 0) is 42.9 Å². The minimum atomic E-state index is 0.531. The number of hydrogen-bond donors (Lipinski definition) is 1. The molecule has 3 rings (SSSR count). The summed E-state index contributed by atoms with van der Waals surface area (Å²) in [5.41, 5.74) is 12.2. The van der Waals surface area contributed by atoms with Crippen LogP contribution in [0.1, 0.15) is 29.7 Å². The van der Waals surface area contributed by atoms with Crippen LogP contribution in [-0.4, -0.2) is 9.55 Å². The van der Waals surface area contributed by atoms with Gasteiger partial charge < -0.3 is 10.3 Å². The monoisotopic (exact) mass is 241 g/mol. The number of imidazole rings is 1. The summed E-state index contributed by atoms with van der Waals surface area (Å²) in [4.78, 5) is 4.49. The number of hydrogen-bond acceptors (Lipinski definition) is 2. The fourth-order valence-electron chi connectivity index (χ4n) is 2.82. The molecule has 2 aromatic rings. The fraction of sp³-hybridized carbons (Fsp3) is 0.400. The molecule has 0 atom stereocenters. The maximum Gasteiger partial charge on any atom is 0.0953 e. The lowest BCUT2D eigenvalue weighted by molar-refractivity contribution is 0.686. The third-order valence-electron chi connectivity index (χ3n) is 3.87. The molecule has 1 aliphatic rings. The number of aromatic nitrogens is 2.